The first-order chi connectivity index (χ1) is 10.1. The normalized spacial score (nSPS) is 28.1. The van der Waals surface area contributed by atoms with Gasteiger partial charge in [-0.05, 0) is 37.4 Å². The average Bonchev–Trinajstić information content (AvgIpc) is 3.12. The third kappa shape index (κ3) is 2.55. The second kappa shape index (κ2) is 5.52. The van der Waals surface area contributed by atoms with E-state index < -0.39 is 5.91 Å². The molecule has 21 heavy (non-hydrogen) atoms. The maximum atomic E-state index is 12.6. The number of hydrogen-bond donors (Lipinski definition) is 3. The van der Waals surface area contributed by atoms with Crippen LogP contribution in [-0.4, -0.2) is 24.9 Å². The molecule has 2 amide bonds. The Labute approximate surface area is 123 Å². The van der Waals surface area contributed by atoms with Crippen LogP contribution in [0.1, 0.15) is 42.0 Å². The topological polar surface area (TPSA) is 97.4 Å². The molecule has 1 aliphatic carbocycles. The predicted octanol–water partition coefficient (Wildman–Crippen LogP) is 0.774. The first-order valence-corrected chi connectivity index (χ1v) is 7.49. The Morgan fingerprint density at radius 2 is 2.29 bits per heavy atom. The number of carbonyl (C=O) groups is 2. The number of amides is 2. The third-order valence-corrected chi connectivity index (χ3v) is 4.82. The van der Waals surface area contributed by atoms with Gasteiger partial charge in [-0.1, -0.05) is 12.8 Å². The molecule has 2 atom stereocenters. The van der Waals surface area contributed by atoms with Crippen LogP contribution in [-0.2, 0) is 11.3 Å². The highest BCUT2D eigenvalue weighted by atomic mass is 16.4. The van der Waals surface area contributed by atoms with E-state index >= 15 is 0 Å². The van der Waals surface area contributed by atoms with E-state index in [-0.39, 0.29) is 17.1 Å². The number of fused-ring (bicyclic) bond motifs is 1. The van der Waals surface area contributed by atoms with E-state index in [1.165, 1.54) is 12.5 Å². The van der Waals surface area contributed by atoms with Crippen molar-refractivity contribution in [1.29, 1.82) is 0 Å². The first kappa shape index (κ1) is 14.1. The Kier molecular flexibility index (Phi) is 3.71. The zero-order chi connectivity index (χ0) is 14.9. The quantitative estimate of drug-likeness (QED) is 0.763. The number of nitrogens with two attached hydrogens (primary N) is 1. The van der Waals surface area contributed by atoms with Crippen LogP contribution < -0.4 is 16.4 Å². The van der Waals surface area contributed by atoms with Gasteiger partial charge in [-0.25, -0.2) is 0 Å². The van der Waals surface area contributed by atoms with Crippen LogP contribution in [0.25, 0.3) is 0 Å². The van der Waals surface area contributed by atoms with Crippen molar-refractivity contribution in [3.05, 3.63) is 23.7 Å². The van der Waals surface area contributed by atoms with Gasteiger partial charge in [0.15, 0.2) is 5.76 Å². The minimum absolute atomic E-state index is 0.0919. The van der Waals surface area contributed by atoms with Gasteiger partial charge in [0.2, 0.25) is 5.91 Å². The van der Waals surface area contributed by atoms with Crippen molar-refractivity contribution in [3.63, 3.8) is 0 Å². The van der Waals surface area contributed by atoms with Crippen LogP contribution in [0.4, 0.5) is 0 Å². The molecule has 6 nitrogen and oxygen atoms in total. The summed E-state index contributed by atoms with van der Waals surface area (Å²) in [4.78, 5) is 23.6. The zero-order valence-electron chi connectivity index (χ0n) is 12.0. The van der Waals surface area contributed by atoms with Gasteiger partial charge in [0.1, 0.15) is 5.76 Å². The summed E-state index contributed by atoms with van der Waals surface area (Å²) >= 11 is 0. The number of nitrogens with one attached hydrogen (secondary N) is 2. The molecular formula is C15H21N3O3. The Bertz CT molecular complexity index is 554. The lowest BCUT2D eigenvalue weighted by Gasteiger charge is -2.37. The first-order valence-electron chi connectivity index (χ1n) is 7.49. The summed E-state index contributed by atoms with van der Waals surface area (Å²) in [5.41, 5.74) is 4.87. The average molecular weight is 291 g/mol. The second-order valence-corrected chi connectivity index (χ2v) is 6.04. The van der Waals surface area contributed by atoms with Gasteiger partial charge in [0.25, 0.3) is 5.91 Å². The molecule has 2 fully saturated rings. The largest absolute Gasteiger partial charge is 0.454 e. The summed E-state index contributed by atoms with van der Waals surface area (Å²) in [6.45, 7) is 1.98. The maximum absolute atomic E-state index is 12.6. The predicted molar refractivity (Wildman–Crippen MR) is 76.3 cm³/mol. The molecule has 1 aromatic rings. The van der Waals surface area contributed by atoms with Gasteiger partial charge >= 0.3 is 0 Å². The Morgan fingerprint density at radius 3 is 3.05 bits per heavy atom. The van der Waals surface area contributed by atoms with Crippen molar-refractivity contribution in [3.8, 4) is 0 Å². The molecule has 2 aliphatic rings. The van der Waals surface area contributed by atoms with Crippen LogP contribution >= 0.6 is 0 Å². The number of rotatable bonds is 4. The second-order valence-electron chi connectivity index (χ2n) is 6.04. The Hall–Kier alpha value is -1.82. The summed E-state index contributed by atoms with van der Waals surface area (Å²) < 4.78 is 5.29. The van der Waals surface area contributed by atoms with Crippen molar-refractivity contribution in [2.24, 2.45) is 17.1 Å². The third-order valence-electron chi connectivity index (χ3n) is 4.82. The smallest absolute Gasteiger partial charge is 0.284 e. The highest BCUT2D eigenvalue weighted by Gasteiger charge is 2.49. The fourth-order valence-corrected chi connectivity index (χ4v) is 3.64. The van der Waals surface area contributed by atoms with E-state index in [1.54, 1.807) is 6.07 Å². The summed E-state index contributed by atoms with van der Waals surface area (Å²) in [5.74, 6) is 0.596. The van der Waals surface area contributed by atoms with E-state index in [1.807, 2.05) is 0 Å². The molecule has 1 aromatic heterocycles. The van der Waals surface area contributed by atoms with E-state index in [9.17, 15) is 9.59 Å². The number of primary amides is 1. The molecule has 4 N–H and O–H groups in total. The molecule has 0 spiro atoms. The summed E-state index contributed by atoms with van der Waals surface area (Å²) in [5, 5.41) is 6.32. The van der Waals surface area contributed by atoms with E-state index in [0.717, 1.165) is 32.4 Å². The van der Waals surface area contributed by atoms with Gasteiger partial charge in [-0.15, -0.1) is 0 Å². The molecule has 1 aliphatic heterocycles. The zero-order valence-corrected chi connectivity index (χ0v) is 12.0. The number of carbonyl (C=O) groups excluding carboxylic acids is 2. The van der Waals surface area contributed by atoms with Crippen LogP contribution in [0.15, 0.2) is 16.5 Å². The molecule has 0 radical (unpaired) electrons. The molecule has 2 heterocycles. The van der Waals surface area contributed by atoms with Crippen molar-refractivity contribution >= 4 is 11.8 Å². The summed E-state index contributed by atoms with van der Waals surface area (Å²) in [6.07, 6.45) is 4.38. The molecular weight excluding hydrogens is 270 g/mol. The SMILES string of the molecule is NC(=O)c1ccc(CNC(=O)[C@@]23CCCC[C@H]2CNC3)o1. The van der Waals surface area contributed by atoms with E-state index in [0.29, 0.717) is 18.2 Å². The molecule has 114 valence electrons. The minimum atomic E-state index is -0.599. The van der Waals surface area contributed by atoms with Gasteiger partial charge < -0.3 is 20.8 Å². The van der Waals surface area contributed by atoms with Crippen molar-refractivity contribution in [2.75, 3.05) is 13.1 Å². The molecule has 3 rings (SSSR count). The lowest BCUT2D eigenvalue weighted by molar-refractivity contribution is -0.134. The molecule has 6 heteroatoms. The maximum Gasteiger partial charge on any atom is 0.284 e. The Morgan fingerprint density at radius 1 is 1.43 bits per heavy atom. The van der Waals surface area contributed by atoms with Crippen LogP contribution in [0.2, 0.25) is 0 Å². The lowest BCUT2D eigenvalue weighted by Crippen LogP contribution is -2.47. The molecule has 0 bridgehead atoms. The summed E-state index contributed by atoms with van der Waals surface area (Å²) in [6, 6.07) is 3.20. The van der Waals surface area contributed by atoms with Gasteiger partial charge in [0, 0.05) is 6.54 Å². The monoisotopic (exact) mass is 291 g/mol. The molecule has 1 saturated heterocycles. The minimum Gasteiger partial charge on any atom is -0.454 e. The van der Waals surface area contributed by atoms with E-state index in [4.69, 9.17) is 10.2 Å². The molecule has 0 unspecified atom stereocenters. The van der Waals surface area contributed by atoms with Crippen molar-refractivity contribution < 1.29 is 14.0 Å². The van der Waals surface area contributed by atoms with Crippen LogP contribution in [0.5, 0.6) is 0 Å². The fraction of sp³-hybridized carbons (Fsp3) is 0.600. The highest BCUT2D eigenvalue weighted by molar-refractivity contribution is 5.89. The highest BCUT2D eigenvalue weighted by Crippen LogP contribution is 2.43. The molecule has 1 saturated carbocycles. The Balaban J connectivity index is 1.64. The van der Waals surface area contributed by atoms with Gasteiger partial charge in [-0.3, -0.25) is 9.59 Å². The number of hydrogen-bond acceptors (Lipinski definition) is 4. The lowest BCUT2D eigenvalue weighted by atomic mass is 9.67. The standard InChI is InChI=1S/C15H21N3O3/c16-13(19)12-5-4-11(21-12)8-18-14(20)15-6-2-1-3-10(15)7-17-9-15/h4-5,10,17H,1-3,6-9H2,(H2,16,19)(H,18,20)/t10-,15+/m0/s1. The van der Waals surface area contributed by atoms with E-state index in [2.05, 4.69) is 10.6 Å². The van der Waals surface area contributed by atoms with Crippen molar-refractivity contribution in [2.45, 2.75) is 32.2 Å². The summed E-state index contributed by atoms with van der Waals surface area (Å²) in [7, 11) is 0. The number of furan rings is 1. The fourth-order valence-electron chi connectivity index (χ4n) is 3.64. The van der Waals surface area contributed by atoms with Crippen molar-refractivity contribution in [1.82, 2.24) is 10.6 Å². The van der Waals surface area contributed by atoms with Gasteiger partial charge in [-0.2, -0.15) is 0 Å². The van der Waals surface area contributed by atoms with Crippen LogP contribution in [0.3, 0.4) is 0 Å². The van der Waals surface area contributed by atoms with Gasteiger partial charge in [0.05, 0.1) is 12.0 Å². The van der Waals surface area contributed by atoms with Crippen LogP contribution in [0, 0.1) is 11.3 Å². The molecule has 0 aromatic carbocycles.